The molecule has 0 aliphatic carbocycles. The quantitative estimate of drug-likeness (QED) is 0.671. The summed E-state index contributed by atoms with van der Waals surface area (Å²) in [4.78, 5) is 0. The van der Waals surface area contributed by atoms with Crippen LogP contribution < -0.4 is 10.6 Å². The first-order valence-electron chi connectivity index (χ1n) is 5.30. The molecule has 3 heteroatoms. The third-order valence-corrected chi connectivity index (χ3v) is 2.82. The molecule has 0 aromatic rings. The molecule has 0 aromatic carbocycles. The van der Waals surface area contributed by atoms with Gasteiger partial charge in [0.15, 0.2) is 0 Å². The molecule has 0 saturated heterocycles. The molecule has 0 aromatic heterocycles. The van der Waals surface area contributed by atoms with Gasteiger partial charge in [0.2, 0.25) is 0 Å². The summed E-state index contributed by atoms with van der Waals surface area (Å²) in [6.07, 6.45) is 7.24. The van der Waals surface area contributed by atoms with Crippen molar-refractivity contribution < 1.29 is 0 Å². The Hall–Kier alpha value is -1.53. The Bertz CT molecular complexity index is 382. The van der Waals surface area contributed by atoms with Crippen LogP contribution in [-0.2, 0) is 0 Å². The number of nitrogens with zero attached hydrogens (tertiary/aromatic N) is 1. The van der Waals surface area contributed by atoms with Gasteiger partial charge < -0.3 is 10.6 Å². The van der Waals surface area contributed by atoms with Crippen LogP contribution in [0.1, 0.15) is 13.3 Å². The molecule has 2 N–H and O–H groups in total. The van der Waals surface area contributed by atoms with E-state index in [0.717, 1.165) is 19.5 Å². The van der Waals surface area contributed by atoms with E-state index in [4.69, 9.17) is 5.26 Å². The van der Waals surface area contributed by atoms with E-state index in [1.165, 1.54) is 11.1 Å². The van der Waals surface area contributed by atoms with Crippen molar-refractivity contribution in [3.05, 3.63) is 35.1 Å². The van der Waals surface area contributed by atoms with Crippen molar-refractivity contribution in [3.63, 3.8) is 0 Å². The average Bonchev–Trinajstić information content (AvgIpc) is 2.30. The highest BCUT2D eigenvalue weighted by Crippen LogP contribution is 2.22. The molecule has 2 rings (SSSR count). The number of allylic oxidation sites excluding steroid dienone is 3. The van der Waals surface area contributed by atoms with Crippen molar-refractivity contribution in [2.24, 2.45) is 0 Å². The molecule has 1 atom stereocenters. The van der Waals surface area contributed by atoms with E-state index < -0.39 is 0 Å². The highest BCUT2D eigenvalue weighted by molar-refractivity contribution is 5.44. The number of hydrogen-bond donors (Lipinski definition) is 2. The molecule has 0 saturated carbocycles. The number of nitriles is 1. The second-order valence-electron chi connectivity index (χ2n) is 3.86. The molecule has 2 heterocycles. The molecule has 78 valence electrons. The third-order valence-electron chi connectivity index (χ3n) is 2.82. The molecule has 0 fully saturated rings. The molecular weight excluding hydrogens is 186 g/mol. The lowest BCUT2D eigenvalue weighted by Gasteiger charge is -2.25. The Morgan fingerprint density at radius 2 is 2.33 bits per heavy atom. The summed E-state index contributed by atoms with van der Waals surface area (Å²) in [7, 11) is 0. The second kappa shape index (κ2) is 4.33. The molecule has 3 nitrogen and oxygen atoms in total. The van der Waals surface area contributed by atoms with Gasteiger partial charge in [-0.1, -0.05) is 12.2 Å². The maximum Gasteiger partial charge on any atom is 0.117 e. The van der Waals surface area contributed by atoms with Crippen LogP contribution in [0.2, 0.25) is 0 Å². The van der Waals surface area contributed by atoms with Gasteiger partial charge in [0.05, 0.1) is 0 Å². The highest BCUT2D eigenvalue weighted by Gasteiger charge is 2.17. The van der Waals surface area contributed by atoms with Gasteiger partial charge in [-0.25, -0.2) is 0 Å². The minimum atomic E-state index is 0.244. The monoisotopic (exact) mass is 201 g/mol. The van der Waals surface area contributed by atoms with Gasteiger partial charge in [0.25, 0.3) is 0 Å². The van der Waals surface area contributed by atoms with Gasteiger partial charge in [-0.15, -0.1) is 0 Å². The summed E-state index contributed by atoms with van der Waals surface area (Å²) in [5.74, 6) is 0. The lowest BCUT2D eigenvalue weighted by atomic mass is 9.92. The molecule has 2 aliphatic rings. The van der Waals surface area contributed by atoms with E-state index in [1.54, 1.807) is 0 Å². The predicted octanol–water partition coefficient (Wildman–Crippen LogP) is 1.23. The number of hydrogen-bond acceptors (Lipinski definition) is 3. The van der Waals surface area contributed by atoms with Crippen LogP contribution in [0, 0.1) is 11.3 Å². The Morgan fingerprint density at radius 1 is 1.47 bits per heavy atom. The van der Waals surface area contributed by atoms with Crippen LogP contribution >= 0.6 is 0 Å². The molecule has 2 aliphatic heterocycles. The van der Waals surface area contributed by atoms with Crippen molar-refractivity contribution in [2.75, 3.05) is 13.1 Å². The van der Waals surface area contributed by atoms with Gasteiger partial charge in [0.1, 0.15) is 11.8 Å². The minimum Gasteiger partial charge on any atom is -0.370 e. The average molecular weight is 201 g/mol. The van der Waals surface area contributed by atoms with E-state index in [1.807, 2.05) is 6.08 Å². The van der Waals surface area contributed by atoms with Crippen LogP contribution in [0.3, 0.4) is 0 Å². The first-order chi connectivity index (χ1) is 7.31. The van der Waals surface area contributed by atoms with Gasteiger partial charge in [-0.05, 0) is 37.1 Å². The fourth-order valence-corrected chi connectivity index (χ4v) is 2.02. The molecular formula is C12H15N3. The van der Waals surface area contributed by atoms with E-state index in [-0.39, 0.29) is 6.04 Å². The van der Waals surface area contributed by atoms with Gasteiger partial charge in [-0.3, -0.25) is 0 Å². The zero-order chi connectivity index (χ0) is 10.7. The number of rotatable bonds is 1. The molecule has 15 heavy (non-hydrogen) atoms. The smallest absolute Gasteiger partial charge is 0.117 e. The summed E-state index contributed by atoms with van der Waals surface area (Å²) >= 11 is 0. The molecule has 0 spiro atoms. The van der Waals surface area contributed by atoms with Gasteiger partial charge >= 0.3 is 0 Å². The maximum absolute atomic E-state index is 8.77. The van der Waals surface area contributed by atoms with E-state index >= 15 is 0 Å². The van der Waals surface area contributed by atoms with Gasteiger partial charge in [0, 0.05) is 12.6 Å². The first-order valence-corrected chi connectivity index (χ1v) is 5.30. The van der Waals surface area contributed by atoms with Crippen LogP contribution in [0.5, 0.6) is 0 Å². The predicted molar refractivity (Wildman–Crippen MR) is 59.9 cm³/mol. The standard InChI is InChI=1S/C12H15N3/c1-9-12(3-2-11(8-13)15-9)10-4-6-14-7-5-10/h2-4,9,14-15H,5-7H2,1H3. The summed E-state index contributed by atoms with van der Waals surface area (Å²) in [6, 6.07) is 2.38. The van der Waals surface area contributed by atoms with Crippen molar-refractivity contribution in [1.29, 1.82) is 5.26 Å². The first kappa shape index (κ1) is 10.0. The lowest BCUT2D eigenvalue weighted by Crippen LogP contribution is -2.32. The Labute approximate surface area is 90.2 Å². The number of nitrogens with one attached hydrogen (secondary N) is 2. The zero-order valence-electron chi connectivity index (χ0n) is 8.88. The van der Waals surface area contributed by atoms with Crippen molar-refractivity contribution in [3.8, 4) is 6.07 Å². The van der Waals surface area contributed by atoms with E-state index in [0.29, 0.717) is 5.70 Å². The summed E-state index contributed by atoms with van der Waals surface area (Å²) < 4.78 is 0. The lowest BCUT2D eigenvalue weighted by molar-refractivity contribution is 0.660. The maximum atomic E-state index is 8.77. The van der Waals surface area contributed by atoms with Crippen molar-refractivity contribution in [1.82, 2.24) is 10.6 Å². The largest absolute Gasteiger partial charge is 0.370 e. The second-order valence-corrected chi connectivity index (χ2v) is 3.86. The van der Waals surface area contributed by atoms with Crippen molar-refractivity contribution >= 4 is 0 Å². The molecule has 0 bridgehead atoms. The highest BCUT2D eigenvalue weighted by atomic mass is 14.9. The van der Waals surface area contributed by atoms with Gasteiger partial charge in [-0.2, -0.15) is 5.26 Å². The fraction of sp³-hybridized carbons (Fsp3) is 0.417. The Balaban J connectivity index is 2.22. The SMILES string of the molecule is CC1NC(C#N)=CC=C1C1=CCNCC1. The van der Waals surface area contributed by atoms with E-state index in [2.05, 4.69) is 35.8 Å². The third kappa shape index (κ3) is 2.11. The summed E-state index contributed by atoms with van der Waals surface area (Å²) in [5, 5.41) is 15.3. The Morgan fingerprint density at radius 3 is 2.93 bits per heavy atom. The molecule has 1 unspecified atom stereocenters. The van der Waals surface area contributed by atoms with Crippen LogP contribution in [0.15, 0.2) is 35.1 Å². The number of dihydropyridines is 1. The van der Waals surface area contributed by atoms with Crippen LogP contribution in [0.4, 0.5) is 0 Å². The normalized spacial score (nSPS) is 25.6. The minimum absolute atomic E-state index is 0.244. The van der Waals surface area contributed by atoms with Crippen LogP contribution in [-0.4, -0.2) is 19.1 Å². The zero-order valence-corrected chi connectivity index (χ0v) is 8.88. The molecule has 0 radical (unpaired) electrons. The topological polar surface area (TPSA) is 47.9 Å². The summed E-state index contributed by atoms with van der Waals surface area (Å²) in [5.41, 5.74) is 3.37. The van der Waals surface area contributed by atoms with E-state index in [9.17, 15) is 0 Å². The fourth-order valence-electron chi connectivity index (χ4n) is 2.02. The van der Waals surface area contributed by atoms with Crippen molar-refractivity contribution in [2.45, 2.75) is 19.4 Å². The summed E-state index contributed by atoms with van der Waals surface area (Å²) in [6.45, 7) is 4.10. The Kier molecular flexibility index (Phi) is 2.89. The molecule has 0 amide bonds. The van der Waals surface area contributed by atoms with Crippen LogP contribution in [0.25, 0.3) is 0 Å².